The molecule has 1 N–H and O–H groups in total. The van der Waals surface area contributed by atoms with E-state index >= 15 is 0 Å². The summed E-state index contributed by atoms with van der Waals surface area (Å²) in [7, 11) is 1.65. The van der Waals surface area contributed by atoms with Crippen LogP contribution in [0.4, 0.5) is 11.6 Å². The highest BCUT2D eigenvalue weighted by molar-refractivity contribution is 5.48. The molecule has 0 unspecified atom stereocenters. The highest BCUT2D eigenvalue weighted by atomic mass is 16.6. The number of rotatable bonds is 5. The first kappa shape index (κ1) is 14.1. The average Bonchev–Trinajstić information content (AvgIpc) is 2.27. The van der Waals surface area contributed by atoms with Crippen molar-refractivity contribution in [2.75, 3.05) is 12.4 Å². The Kier molecular flexibility index (Phi) is 4.05. The molecule has 0 spiro atoms. The molecule has 1 heterocycles. The summed E-state index contributed by atoms with van der Waals surface area (Å²) in [5.74, 6) is 0.309. The SMILES string of the molecule is CCC(C)(C)Oc1nc(NC)nc(C)c1[N+](=O)[O-]. The normalized spacial score (nSPS) is 11.2. The third-order valence-electron chi connectivity index (χ3n) is 2.66. The maximum Gasteiger partial charge on any atom is 0.352 e. The van der Waals surface area contributed by atoms with E-state index in [4.69, 9.17) is 4.74 Å². The molecule has 7 heteroatoms. The molecule has 0 amide bonds. The number of nitrogens with one attached hydrogen (secondary N) is 1. The van der Waals surface area contributed by atoms with Crippen molar-refractivity contribution >= 4 is 11.6 Å². The van der Waals surface area contributed by atoms with Gasteiger partial charge in [-0.2, -0.15) is 4.98 Å². The van der Waals surface area contributed by atoms with Crippen molar-refractivity contribution in [2.45, 2.75) is 39.7 Å². The van der Waals surface area contributed by atoms with Gasteiger partial charge >= 0.3 is 5.69 Å². The zero-order valence-electron chi connectivity index (χ0n) is 11.3. The largest absolute Gasteiger partial charge is 0.467 e. The minimum absolute atomic E-state index is 0.00343. The molecule has 100 valence electrons. The quantitative estimate of drug-likeness (QED) is 0.640. The Bertz CT molecular complexity index is 460. The van der Waals surface area contributed by atoms with Crippen molar-refractivity contribution < 1.29 is 9.66 Å². The average molecular weight is 254 g/mol. The minimum Gasteiger partial charge on any atom is -0.467 e. The van der Waals surface area contributed by atoms with Crippen LogP contribution in [-0.2, 0) is 0 Å². The second-order valence-electron chi connectivity index (χ2n) is 4.51. The molecule has 1 aromatic heterocycles. The fourth-order valence-corrected chi connectivity index (χ4v) is 1.27. The molecule has 0 fully saturated rings. The number of hydrogen-bond donors (Lipinski definition) is 1. The zero-order chi connectivity index (χ0) is 13.9. The van der Waals surface area contributed by atoms with Crippen LogP contribution in [0.3, 0.4) is 0 Å². The Morgan fingerprint density at radius 1 is 1.44 bits per heavy atom. The van der Waals surface area contributed by atoms with Crippen LogP contribution in [-0.4, -0.2) is 27.5 Å². The van der Waals surface area contributed by atoms with Gasteiger partial charge in [-0.05, 0) is 27.2 Å². The van der Waals surface area contributed by atoms with Gasteiger partial charge in [-0.3, -0.25) is 10.1 Å². The van der Waals surface area contributed by atoms with Gasteiger partial charge in [-0.1, -0.05) is 6.92 Å². The van der Waals surface area contributed by atoms with E-state index < -0.39 is 10.5 Å². The molecule has 1 aromatic rings. The number of anilines is 1. The van der Waals surface area contributed by atoms with E-state index in [1.54, 1.807) is 14.0 Å². The number of hydrogen-bond acceptors (Lipinski definition) is 6. The lowest BCUT2D eigenvalue weighted by Crippen LogP contribution is -2.28. The summed E-state index contributed by atoms with van der Waals surface area (Å²) >= 11 is 0. The van der Waals surface area contributed by atoms with Gasteiger partial charge in [0.1, 0.15) is 11.3 Å². The molecule has 1 rings (SSSR count). The Balaban J connectivity index is 3.30. The van der Waals surface area contributed by atoms with Crippen LogP contribution >= 0.6 is 0 Å². The van der Waals surface area contributed by atoms with Gasteiger partial charge in [0, 0.05) is 7.05 Å². The lowest BCUT2D eigenvalue weighted by Gasteiger charge is -2.24. The minimum atomic E-state index is -0.518. The number of ether oxygens (including phenoxy) is 1. The van der Waals surface area contributed by atoms with Crippen molar-refractivity contribution in [3.05, 3.63) is 15.8 Å². The van der Waals surface area contributed by atoms with E-state index in [2.05, 4.69) is 15.3 Å². The molecule has 0 aliphatic carbocycles. The summed E-state index contributed by atoms with van der Waals surface area (Å²) in [6, 6.07) is 0. The molecular weight excluding hydrogens is 236 g/mol. The van der Waals surface area contributed by atoms with Gasteiger partial charge < -0.3 is 10.1 Å². The molecule has 0 saturated heterocycles. The van der Waals surface area contributed by atoms with Crippen LogP contribution in [0.2, 0.25) is 0 Å². The third-order valence-corrected chi connectivity index (χ3v) is 2.66. The van der Waals surface area contributed by atoms with Crippen LogP contribution in [0, 0.1) is 17.0 Å². The monoisotopic (exact) mass is 254 g/mol. The maximum absolute atomic E-state index is 11.0. The highest BCUT2D eigenvalue weighted by Gasteiger charge is 2.28. The van der Waals surface area contributed by atoms with Gasteiger partial charge in [0.15, 0.2) is 0 Å². The van der Waals surface area contributed by atoms with E-state index in [9.17, 15) is 10.1 Å². The Morgan fingerprint density at radius 3 is 2.50 bits per heavy atom. The topological polar surface area (TPSA) is 90.2 Å². The second-order valence-corrected chi connectivity index (χ2v) is 4.51. The lowest BCUT2D eigenvalue weighted by molar-refractivity contribution is -0.387. The van der Waals surface area contributed by atoms with Crippen molar-refractivity contribution in [3.63, 3.8) is 0 Å². The standard InChI is InChI=1S/C11H18N4O3/c1-6-11(3,4)18-9-8(15(16)17)7(2)13-10(12-5)14-9/h6H2,1-5H3,(H,12,13,14). The number of nitro groups is 1. The Morgan fingerprint density at radius 2 is 2.06 bits per heavy atom. The van der Waals surface area contributed by atoms with E-state index in [1.807, 2.05) is 20.8 Å². The van der Waals surface area contributed by atoms with Gasteiger partial charge in [-0.15, -0.1) is 0 Å². The van der Waals surface area contributed by atoms with E-state index in [-0.39, 0.29) is 17.3 Å². The molecule has 0 bridgehead atoms. The predicted octanol–water partition coefficient (Wildman–Crippen LogP) is 2.30. The molecule has 0 atom stereocenters. The van der Waals surface area contributed by atoms with Crippen LogP contribution in [0.15, 0.2) is 0 Å². The predicted molar refractivity (Wildman–Crippen MR) is 68.0 cm³/mol. The van der Waals surface area contributed by atoms with Crippen molar-refractivity contribution in [2.24, 2.45) is 0 Å². The fourth-order valence-electron chi connectivity index (χ4n) is 1.27. The summed E-state index contributed by atoms with van der Waals surface area (Å²) in [4.78, 5) is 18.5. The second kappa shape index (κ2) is 5.16. The molecule has 7 nitrogen and oxygen atoms in total. The first-order valence-corrected chi connectivity index (χ1v) is 5.70. The first-order valence-electron chi connectivity index (χ1n) is 5.70. The number of aromatic nitrogens is 2. The maximum atomic E-state index is 11.0. The number of aryl methyl sites for hydroxylation is 1. The van der Waals surface area contributed by atoms with Gasteiger partial charge in [0.25, 0.3) is 5.88 Å². The van der Waals surface area contributed by atoms with E-state index in [0.29, 0.717) is 12.4 Å². The fraction of sp³-hybridized carbons (Fsp3) is 0.636. The van der Waals surface area contributed by atoms with Gasteiger partial charge in [0.2, 0.25) is 5.95 Å². The lowest BCUT2D eigenvalue weighted by atomic mass is 10.1. The molecule has 0 radical (unpaired) electrons. The molecule has 0 saturated carbocycles. The molecule has 18 heavy (non-hydrogen) atoms. The van der Waals surface area contributed by atoms with Crippen molar-refractivity contribution in [1.29, 1.82) is 0 Å². The highest BCUT2D eigenvalue weighted by Crippen LogP contribution is 2.31. The summed E-state index contributed by atoms with van der Waals surface area (Å²) in [5.41, 5.74) is -0.423. The van der Waals surface area contributed by atoms with Crippen molar-refractivity contribution in [1.82, 2.24) is 9.97 Å². The van der Waals surface area contributed by atoms with Crippen LogP contribution in [0.25, 0.3) is 0 Å². The molecule has 0 aliphatic heterocycles. The zero-order valence-corrected chi connectivity index (χ0v) is 11.3. The Labute approximate surface area is 106 Å². The van der Waals surface area contributed by atoms with Crippen molar-refractivity contribution in [3.8, 4) is 5.88 Å². The van der Waals surface area contributed by atoms with Crippen LogP contribution in [0.1, 0.15) is 32.9 Å². The van der Waals surface area contributed by atoms with Crippen LogP contribution in [0.5, 0.6) is 5.88 Å². The Hall–Kier alpha value is -1.92. The summed E-state index contributed by atoms with van der Waals surface area (Å²) in [5, 5.41) is 13.8. The van der Waals surface area contributed by atoms with E-state index in [0.717, 1.165) is 0 Å². The molecular formula is C11H18N4O3. The van der Waals surface area contributed by atoms with Crippen LogP contribution < -0.4 is 10.1 Å². The summed E-state index contributed by atoms with van der Waals surface area (Å²) in [6.45, 7) is 7.21. The third kappa shape index (κ3) is 3.06. The van der Waals surface area contributed by atoms with E-state index in [1.165, 1.54) is 0 Å². The van der Waals surface area contributed by atoms with Gasteiger partial charge in [-0.25, -0.2) is 4.98 Å². The smallest absolute Gasteiger partial charge is 0.352 e. The molecule has 0 aromatic carbocycles. The molecule has 0 aliphatic rings. The summed E-state index contributed by atoms with van der Waals surface area (Å²) < 4.78 is 5.63. The van der Waals surface area contributed by atoms with Gasteiger partial charge in [0.05, 0.1) is 4.92 Å². The first-order chi connectivity index (χ1) is 8.30. The number of nitrogens with zero attached hydrogens (tertiary/aromatic N) is 3. The summed E-state index contributed by atoms with van der Waals surface area (Å²) in [6.07, 6.45) is 0.710.